The minimum absolute atomic E-state index is 0.0931. The van der Waals surface area contributed by atoms with E-state index >= 15 is 0 Å². The van der Waals surface area contributed by atoms with Gasteiger partial charge in [0.25, 0.3) is 0 Å². The summed E-state index contributed by atoms with van der Waals surface area (Å²) in [5, 5.41) is 14.5. The molecule has 0 unspecified atom stereocenters. The van der Waals surface area contributed by atoms with Crippen LogP contribution >= 0.6 is 22.7 Å². The minimum atomic E-state index is -0.722. The average molecular weight is 347 g/mol. The normalized spacial score (nSPS) is 13.0. The summed E-state index contributed by atoms with van der Waals surface area (Å²) in [6.07, 6.45) is 1.43. The first kappa shape index (κ1) is 15.8. The summed E-state index contributed by atoms with van der Waals surface area (Å²) >= 11 is 3.20. The second-order valence-electron chi connectivity index (χ2n) is 5.71. The third-order valence-corrected chi connectivity index (χ3v) is 5.52. The van der Waals surface area contributed by atoms with E-state index in [1.165, 1.54) is 6.33 Å². The van der Waals surface area contributed by atoms with E-state index in [1.807, 2.05) is 43.7 Å². The Labute approximate surface area is 142 Å². The van der Waals surface area contributed by atoms with Crippen molar-refractivity contribution < 1.29 is 4.79 Å². The van der Waals surface area contributed by atoms with Crippen molar-refractivity contribution in [1.29, 1.82) is 0 Å². The Balaban J connectivity index is 1.76. The molecule has 1 atom stereocenters. The number of thiazole rings is 1. The van der Waals surface area contributed by atoms with Gasteiger partial charge < -0.3 is 5.32 Å². The molecule has 23 heavy (non-hydrogen) atoms. The van der Waals surface area contributed by atoms with Crippen LogP contribution in [0.1, 0.15) is 38.3 Å². The smallest absolute Gasteiger partial charge is 0.232 e. The van der Waals surface area contributed by atoms with Crippen molar-refractivity contribution in [3.63, 3.8) is 0 Å². The molecule has 0 aliphatic rings. The summed E-state index contributed by atoms with van der Waals surface area (Å²) in [5.74, 6) is 0.538. The molecule has 3 aromatic heterocycles. The number of aromatic amines is 1. The fraction of sp³-hybridized carbons (Fsp3) is 0.333. The third kappa shape index (κ3) is 3.18. The zero-order valence-electron chi connectivity index (χ0n) is 13.0. The predicted molar refractivity (Wildman–Crippen MR) is 91.4 cm³/mol. The van der Waals surface area contributed by atoms with Crippen LogP contribution in [0.3, 0.4) is 0 Å². The van der Waals surface area contributed by atoms with Crippen LogP contribution in [0.25, 0.3) is 9.88 Å². The van der Waals surface area contributed by atoms with Gasteiger partial charge in [-0.2, -0.15) is 5.10 Å². The molecular weight excluding hydrogens is 330 g/mol. The standard InChI is InChI=1S/C15H17N5OS2/c1-9(12-16-8-17-20-12)18-14(21)15(2,3)11-7-23-13(19-11)10-5-4-6-22-10/h4-9H,1-3H3,(H,18,21)(H,16,17,20)/t9-/m0/s1. The molecule has 0 bridgehead atoms. The molecule has 3 heterocycles. The van der Waals surface area contributed by atoms with Gasteiger partial charge in [0.15, 0.2) is 0 Å². The van der Waals surface area contributed by atoms with Crippen molar-refractivity contribution in [2.75, 3.05) is 0 Å². The first-order valence-electron chi connectivity index (χ1n) is 7.14. The molecule has 3 rings (SSSR count). The van der Waals surface area contributed by atoms with Crippen molar-refractivity contribution in [1.82, 2.24) is 25.5 Å². The van der Waals surface area contributed by atoms with E-state index in [2.05, 4.69) is 25.5 Å². The highest BCUT2D eigenvalue weighted by molar-refractivity contribution is 7.20. The summed E-state index contributed by atoms with van der Waals surface area (Å²) in [7, 11) is 0. The molecule has 6 nitrogen and oxygen atoms in total. The zero-order chi connectivity index (χ0) is 16.4. The number of carbonyl (C=O) groups excluding carboxylic acids is 1. The fourth-order valence-electron chi connectivity index (χ4n) is 2.06. The number of nitrogens with zero attached hydrogens (tertiary/aromatic N) is 3. The van der Waals surface area contributed by atoms with Crippen LogP contribution in [0, 0.1) is 0 Å². The summed E-state index contributed by atoms with van der Waals surface area (Å²) in [6, 6.07) is 3.80. The Morgan fingerprint density at radius 3 is 2.87 bits per heavy atom. The van der Waals surface area contributed by atoms with Crippen LogP contribution in [0.4, 0.5) is 0 Å². The molecule has 1 amide bonds. The SMILES string of the molecule is C[C@H](NC(=O)C(C)(C)c1csc(-c2cccs2)n1)c1ncn[nH]1. The van der Waals surface area contributed by atoms with Gasteiger partial charge in [-0.05, 0) is 32.2 Å². The van der Waals surface area contributed by atoms with E-state index in [4.69, 9.17) is 0 Å². The zero-order valence-corrected chi connectivity index (χ0v) is 14.7. The molecule has 8 heteroatoms. The molecule has 0 fully saturated rings. The summed E-state index contributed by atoms with van der Waals surface area (Å²) < 4.78 is 0. The summed E-state index contributed by atoms with van der Waals surface area (Å²) in [6.45, 7) is 5.62. The Hall–Kier alpha value is -2.06. The van der Waals surface area contributed by atoms with Crippen LogP contribution in [-0.4, -0.2) is 26.1 Å². The van der Waals surface area contributed by atoms with E-state index in [0.29, 0.717) is 5.82 Å². The molecular formula is C15H17N5OS2. The lowest BCUT2D eigenvalue weighted by Crippen LogP contribution is -2.41. The van der Waals surface area contributed by atoms with Gasteiger partial charge in [-0.3, -0.25) is 9.89 Å². The predicted octanol–water partition coefficient (Wildman–Crippen LogP) is 3.14. The van der Waals surface area contributed by atoms with Crippen LogP contribution in [-0.2, 0) is 10.2 Å². The van der Waals surface area contributed by atoms with Gasteiger partial charge in [-0.1, -0.05) is 6.07 Å². The Morgan fingerprint density at radius 2 is 2.22 bits per heavy atom. The van der Waals surface area contributed by atoms with Crippen LogP contribution < -0.4 is 5.32 Å². The number of carbonyl (C=O) groups is 1. The Morgan fingerprint density at radius 1 is 1.39 bits per heavy atom. The highest BCUT2D eigenvalue weighted by atomic mass is 32.1. The lowest BCUT2D eigenvalue weighted by molar-refractivity contribution is -0.126. The molecule has 120 valence electrons. The van der Waals surface area contributed by atoms with Gasteiger partial charge in [0.1, 0.15) is 17.2 Å². The first-order valence-corrected chi connectivity index (χ1v) is 8.90. The van der Waals surface area contributed by atoms with Crippen LogP contribution in [0.5, 0.6) is 0 Å². The monoisotopic (exact) mass is 347 g/mol. The lowest BCUT2D eigenvalue weighted by Gasteiger charge is -2.23. The van der Waals surface area contributed by atoms with Crippen molar-refractivity contribution in [3.8, 4) is 9.88 Å². The van der Waals surface area contributed by atoms with Crippen molar-refractivity contribution in [3.05, 3.63) is 40.7 Å². The number of hydrogen-bond acceptors (Lipinski definition) is 6. The topological polar surface area (TPSA) is 83.6 Å². The average Bonchev–Trinajstić information content (AvgIpc) is 3.25. The Bertz CT molecular complexity index is 777. The number of nitrogens with one attached hydrogen (secondary N) is 2. The Kier molecular flexibility index (Phi) is 4.27. The van der Waals surface area contributed by atoms with Crippen molar-refractivity contribution in [2.45, 2.75) is 32.2 Å². The largest absolute Gasteiger partial charge is 0.346 e. The summed E-state index contributed by atoms with van der Waals surface area (Å²) in [5.41, 5.74) is 0.0495. The van der Waals surface area contributed by atoms with E-state index < -0.39 is 5.41 Å². The molecule has 2 N–H and O–H groups in total. The van der Waals surface area contributed by atoms with E-state index in [9.17, 15) is 4.79 Å². The third-order valence-electron chi connectivity index (χ3n) is 3.64. The van der Waals surface area contributed by atoms with E-state index in [0.717, 1.165) is 15.6 Å². The van der Waals surface area contributed by atoms with E-state index in [-0.39, 0.29) is 11.9 Å². The second kappa shape index (κ2) is 6.21. The maximum absolute atomic E-state index is 12.7. The van der Waals surface area contributed by atoms with Crippen molar-refractivity contribution >= 4 is 28.6 Å². The van der Waals surface area contributed by atoms with E-state index in [1.54, 1.807) is 22.7 Å². The molecule has 0 aliphatic carbocycles. The summed E-state index contributed by atoms with van der Waals surface area (Å²) in [4.78, 5) is 22.5. The number of thiophene rings is 1. The maximum atomic E-state index is 12.7. The molecule has 0 aromatic carbocycles. The number of rotatable bonds is 5. The number of amides is 1. The maximum Gasteiger partial charge on any atom is 0.232 e. The van der Waals surface area contributed by atoms with Gasteiger partial charge in [-0.25, -0.2) is 9.97 Å². The van der Waals surface area contributed by atoms with Gasteiger partial charge in [0.2, 0.25) is 5.91 Å². The van der Waals surface area contributed by atoms with Crippen LogP contribution in [0.2, 0.25) is 0 Å². The van der Waals surface area contributed by atoms with Gasteiger partial charge in [0, 0.05) is 5.38 Å². The second-order valence-corrected chi connectivity index (χ2v) is 7.51. The number of hydrogen-bond donors (Lipinski definition) is 2. The fourth-order valence-corrected chi connectivity index (χ4v) is 3.86. The van der Waals surface area contributed by atoms with Gasteiger partial charge >= 0.3 is 0 Å². The van der Waals surface area contributed by atoms with Crippen molar-refractivity contribution in [2.24, 2.45) is 0 Å². The van der Waals surface area contributed by atoms with Gasteiger partial charge in [-0.15, -0.1) is 22.7 Å². The highest BCUT2D eigenvalue weighted by Crippen LogP contribution is 2.32. The molecule has 0 saturated carbocycles. The number of aromatic nitrogens is 4. The molecule has 0 aliphatic heterocycles. The molecule has 0 radical (unpaired) electrons. The van der Waals surface area contributed by atoms with Gasteiger partial charge in [0.05, 0.1) is 22.0 Å². The molecule has 3 aromatic rings. The number of H-pyrrole nitrogens is 1. The highest BCUT2D eigenvalue weighted by Gasteiger charge is 2.33. The molecule has 0 spiro atoms. The first-order chi connectivity index (χ1) is 11.0. The lowest BCUT2D eigenvalue weighted by atomic mass is 9.88. The quantitative estimate of drug-likeness (QED) is 0.743. The minimum Gasteiger partial charge on any atom is -0.346 e. The van der Waals surface area contributed by atoms with Crippen LogP contribution in [0.15, 0.2) is 29.2 Å². The molecule has 0 saturated heterocycles.